The van der Waals surface area contributed by atoms with Gasteiger partial charge in [0.25, 0.3) is 5.91 Å². The normalized spacial score (nSPS) is 11.2. The van der Waals surface area contributed by atoms with E-state index >= 15 is 0 Å². The van der Waals surface area contributed by atoms with Gasteiger partial charge in [0.1, 0.15) is 11.4 Å². The Morgan fingerprint density at radius 1 is 1.03 bits per heavy atom. The van der Waals surface area contributed by atoms with E-state index in [1.165, 1.54) is 7.11 Å². The zero-order valence-corrected chi connectivity index (χ0v) is 17.2. The Morgan fingerprint density at radius 2 is 1.76 bits per heavy atom. The van der Waals surface area contributed by atoms with E-state index in [0.29, 0.717) is 22.7 Å². The first-order valence-electron chi connectivity index (χ1n) is 9.21. The van der Waals surface area contributed by atoms with Crippen LogP contribution in [0.25, 0.3) is 10.9 Å². The molecule has 2 aromatic carbocycles. The highest BCUT2D eigenvalue weighted by atomic mass is 16.6. The van der Waals surface area contributed by atoms with Crippen molar-refractivity contribution in [2.75, 3.05) is 17.7 Å². The second kappa shape index (κ2) is 7.87. The van der Waals surface area contributed by atoms with Gasteiger partial charge in [-0.2, -0.15) is 0 Å². The Hall–Kier alpha value is -3.48. The molecule has 0 fully saturated rings. The minimum atomic E-state index is -0.627. The number of amides is 2. The van der Waals surface area contributed by atoms with Crippen LogP contribution in [-0.2, 0) is 11.8 Å². The molecule has 0 aliphatic rings. The summed E-state index contributed by atoms with van der Waals surface area (Å²) in [5.74, 6) is 0.217. The van der Waals surface area contributed by atoms with Gasteiger partial charge in [0.15, 0.2) is 0 Å². The lowest BCUT2D eigenvalue weighted by molar-refractivity contribution is 0.0635. The smallest absolute Gasteiger partial charge is 0.412 e. The molecule has 0 spiro atoms. The Morgan fingerprint density at radius 3 is 2.45 bits per heavy atom. The predicted octanol–water partition coefficient (Wildman–Crippen LogP) is 4.79. The van der Waals surface area contributed by atoms with Gasteiger partial charge in [-0.1, -0.05) is 18.2 Å². The number of hydrogen-bond acceptors (Lipinski definition) is 4. The minimum absolute atomic E-state index is 0.241. The highest BCUT2D eigenvalue weighted by Crippen LogP contribution is 2.29. The number of aromatic nitrogens is 1. The van der Waals surface area contributed by atoms with Crippen molar-refractivity contribution >= 4 is 34.3 Å². The molecule has 0 saturated heterocycles. The van der Waals surface area contributed by atoms with Crippen molar-refractivity contribution in [3.05, 3.63) is 54.2 Å². The summed E-state index contributed by atoms with van der Waals surface area (Å²) in [6.07, 6.45) is 1.19. The molecule has 0 aliphatic carbocycles. The molecular weight excluding hydrogens is 370 g/mol. The largest absolute Gasteiger partial charge is 0.495 e. The number of ether oxygens (including phenoxy) is 2. The van der Waals surface area contributed by atoms with E-state index in [4.69, 9.17) is 9.47 Å². The number of anilines is 2. The van der Waals surface area contributed by atoms with E-state index in [1.807, 2.05) is 35.9 Å². The van der Waals surface area contributed by atoms with Crippen molar-refractivity contribution < 1.29 is 19.1 Å². The quantitative estimate of drug-likeness (QED) is 0.666. The molecule has 0 atom stereocenters. The lowest BCUT2D eigenvalue weighted by atomic mass is 10.1. The molecule has 3 aromatic rings. The maximum Gasteiger partial charge on any atom is 0.412 e. The van der Waals surface area contributed by atoms with Gasteiger partial charge in [0, 0.05) is 29.8 Å². The average molecular weight is 395 g/mol. The fraction of sp³-hybridized carbons (Fsp3) is 0.273. The number of carbonyl (C=O) groups is 2. The molecule has 1 aromatic heterocycles. The average Bonchev–Trinajstić information content (AvgIpc) is 2.98. The molecule has 152 valence electrons. The summed E-state index contributed by atoms with van der Waals surface area (Å²) in [5.41, 5.74) is 1.84. The van der Waals surface area contributed by atoms with Gasteiger partial charge in [0.2, 0.25) is 0 Å². The molecule has 1 heterocycles. The first-order chi connectivity index (χ1) is 13.7. The molecule has 2 amide bonds. The Balaban J connectivity index is 1.84. The van der Waals surface area contributed by atoms with Gasteiger partial charge < -0.3 is 19.4 Å². The molecule has 0 saturated carbocycles. The van der Waals surface area contributed by atoms with Crippen molar-refractivity contribution in [2.45, 2.75) is 26.4 Å². The number of nitrogens with one attached hydrogen (secondary N) is 2. The van der Waals surface area contributed by atoms with Gasteiger partial charge in [0.05, 0.1) is 18.4 Å². The number of fused-ring (bicyclic) bond motifs is 1. The van der Waals surface area contributed by atoms with Gasteiger partial charge in [-0.3, -0.25) is 10.1 Å². The molecule has 0 radical (unpaired) electrons. The highest BCUT2D eigenvalue weighted by molar-refractivity contribution is 6.13. The first kappa shape index (κ1) is 20.3. The first-order valence-corrected chi connectivity index (χ1v) is 9.21. The predicted molar refractivity (Wildman–Crippen MR) is 114 cm³/mol. The lowest BCUT2D eigenvalue weighted by Gasteiger charge is -2.20. The summed E-state index contributed by atoms with van der Waals surface area (Å²) >= 11 is 0. The Labute approximate surface area is 169 Å². The van der Waals surface area contributed by atoms with Crippen LogP contribution in [0.3, 0.4) is 0 Å². The van der Waals surface area contributed by atoms with Crippen LogP contribution in [0.2, 0.25) is 0 Å². The van der Waals surface area contributed by atoms with Crippen LogP contribution < -0.4 is 15.4 Å². The fourth-order valence-electron chi connectivity index (χ4n) is 3.02. The molecule has 0 aliphatic heterocycles. The van der Waals surface area contributed by atoms with E-state index in [1.54, 1.807) is 45.2 Å². The second-order valence-electron chi connectivity index (χ2n) is 7.67. The maximum absolute atomic E-state index is 12.8. The van der Waals surface area contributed by atoms with Crippen molar-refractivity contribution in [1.29, 1.82) is 0 Å². The monoisotopic (exact) mass is 395 g/mol. The van der Waals surface area contributed by atoms with Gasteiger partial charge >= 0.3 is 6.09 Å². The van der Waals surface area contributed by atoms with Crippen LogP contribution in [-0.4, -0.2) is 29.3 Å². The molecule has 29 heavy (non-hydrogen) atoms. The van der Waals surface area contributed by atoms with Crippen LogP contribution >= 0.6 is 0 Å². The summed E-state index contributed by atoms with van der Waals surface area (Å²) in [6.45, 7) is 5.35. The van der Waals surface area contributed by atoms with E-state index < -0.39 is 11.7 Å². The van der Waals surface area contributed by atoms with E-state index in [0.717, 1.165) is 10.9 Å². The number of aryl methyl sites for hydroxylation is 1. The van der Waals surface area contributed by atoms with Gasteiger partial charge in [-0.15, -0.1) is 0 Å². The zero-order valence-electron chi connectivity index (χ0n) is 17.2. The summed E-state index contributed by atoms with van der Waals surface area (Å²) < 4.78 is 12.5. The van der Waals surface area contributed by atoms with E-state index in [9.17, 15) is 9.59 Å². The molecule has 3 rings (SSSR count). The number of para-hydroxylation sites is 1. The number of methoxy groups -OCH3 is 1. The number of hydrogen-bond donors (Lipinski definition) is 2. The van der Waals surface area contributed by atoms with Crippen molar-refractivity contribution in [3.63, 3.8) is 0 Å². The number of carbonyl (C=O) groups excluding carboxylic acids is 2. The number of nitrogens with zero attached hydrogens (tertiary/aromatic N) is 1. The molecule has 7 heteroatoms. The third-order valence-corrected chi connectivity index (χ3v) is 4.23. The minimum Gasteiger partial charge on any atom is -0.495 e. The van der Waals surface area contributed by atoms with Crippen molar-refractivity contribution in [1.82, 2.24) is 4.57 Å². The summed E-state index contributed by atoms with van der Waals surface area (Å²) in [4.78, 5) is 25.0. The standard InChI is InChI=1S/C22H25N3O4/c1-22(2,3)29-21(27)24-17-12-14(10-11-19(17)28-5)23-20(26)16-13-25(4)18-9-7-6-8-15(16)18/h6-13H,1-5H3,(H,23,26)(H,24,27). The van der Waals surface area contributed by atoms with Crippen molar-refractivity contribution in [3.8, 4) is 5.75 Å². The number of benzene rings is 2. The fourth-order valence-corrected chi connectivity index (χ4v) is 3.02. The van der Waals surface area contributed by atoms with Crippen LogP contribution in [0.1, 0.15) is 31.1 Å². The summed E-state index contributed by atoms with van der Waals surface area (Å²) in [5, 5.41) is 6.41. The molecule has 2 N–H and O–H groups in total. The molecular formula is C22H25N3O4. The van der Waals surface area contributed by atoms with Crippen LogP contribution in [0.4, 0.5) is 16.2 Å². The maximum atomic E-state index is 12.8. The number of rotatable bonds is 4. The summed E-state index contributed by atoms with van der Waals surface area (Å²) in [7, 11) is 3.40. The molecule has 0 bridgehead atoms. The molecule has 0 unspecified atom stereocenters. The topological polar surface area (TPSA) is 81.6 Å². The van der Waals surface area contributed by atoms with Gasteiger partial charge in [-0.05, 0) is 45.0 Å². The third kappa shape index (κ3) is 4.68. The SMILES string of the molecule is COc1ccc(NC(=O)c2cn(C)c3ccccc23)cc1NC(=O)OC(C)(C)C. The van der Waals surface area contributed by atoms with Gasteiger partial charge in [-0.25, -0.2) is 4.79 Å². The third-order valence-electron chi connectivity index (χ3n) is 4.23. The van der Waals surface area contributed by atoms with Crippen LogP contribution in [0.15, 0.2) is 48.7 Å². The Bertz CT molecular complexity index is 1060. The van der Waals surface area contributed by atoms with E-state index in [2.05, 4.69) is 10.6 Å². The highest BCUT2D eigenvalue weighted by Gasteiger charge is 2.19. The Kier molecular flexibility index (Phi) is 5.50. The second-order valence-corrected chi connectivity index (χ2v) is 7.67. The molecule has 7 nitrogen and oxygen atoms in total. The van der Waals surface area contributed by atoms with E-state index in [-0.39, 0.29) is 5.91 Å². The summed E-state index contributed by atoms with van der Waals surface area (Å²) in [6, 6.07) is 12.7. The van der Waals surface area contributed by atoms with Crippen molar-refractivity contribution in [2.24, 2.45) is 7.05 Å². The van der Waals surface area contributed by atoms with Crippen LogP contribution in [0, 0.1) is 0 Å². The lowest BCUT2D eigenvalue weighted by Crippen LogP contribution is -2.27. The zero-order chi connectivity index (χ0) is 21.2. The van der Waals surface area contributed by atoms with Crippen LogP contribution in [0.5, 0.6) is 5.75 Å².